The Balaban J connectivity index is 1.77. The topological polar surface area (TPSA) is 98.6 Å². The number of aromatic nitrogens is 3. The number of alkyl carbamates (subject to hydrolysis) is 1. The molecule has 0 fully saturated rings. The van der Waals surface area contributed by atoms with Crippen LogP contribution in [0.5, 0.6) is 0 Å². The summed E-state index contributed by atoms with van der Waals surface area (Å²) in [5.41, 5.74) is 2.37. The summed E-state index contributed by atoms with van der Waals surface area (Å²) in [4.78, 5) is 36.8. The van der Waals surface area contributed by atoms with Crippen LogP contribution < -0.4 is 5.32 Å². The van der Waals surface area contributed by atoms with Crippen LogP contribution in [0, 0.1) is 6.92 Å². The summed E-state index contributed by atoms with van der Waals surface area (Å²) in [6, 6.07) is 11.5. The second kappa shape index (κ2) is 12.4. The Morgan fingerprint density at radius 3 is 2.34 bits per heavy atom. The fourth-order valence-electron chi connectivity index (χ4n) is 3.97. The standard InChI is InChI=1S/C29H41N5O4/c1-21-13-12-17-30-23(21)19-33(18-11-10-16-31-26(35)37-28(2,3)4)20-25-32-22-14-8-9-15-24(22)34(25)27(36)38-29(5,6)7/h8-9,12-15,17H,10-11,16,18-20H2,1-7H3,(H,31,35). The molecule has 0 saturated carbocycles. The molecule has 3 aromatic rings. The van der Waals surface area contributed by atoms with Gasteiger partial charge in [0, 0.05) is 19.3 Å². The van der Waals surface area contributed by atoms with Crippen molar-refractivity contribution in [3.63, 3.8) is 0 Å². The second-order valence-electron chi connectivity index (χ2n) is 11.4. The number of para-hydroxylation sites is 2. The lowest BCUT2D eigenvalue weighted by Crippen LogP contribution is -2.33. The van der Waals surface area contributed by atoms with E-state index in [2.05, 4.69) is 15.2 Å². The minimum atomic E-state index is -0.633. The number of hydrogen-bond acceptors (Lipinski definition) is 7. The zero-order valence-electron chi connectivity index (χ0n) is 23.7. The molecule has 3 rings (SSSR count). The van der Waals surface area contributed by atoms with Gasteiger partial charge in [0.05, 0.1) is 23.3 Å². The molecule has 2 aromatic heterocycles. The number of fused-ring (bicyclic) bond motifs is 1. The number of rotatable bonds is 9. The van der Waals surface area contributed by atoms with Gasteiger partial charge in [0.25, 0.3) is 0 Å². The smallest absolute Gasteiger partial charge is 0.420 e. The van der Waals surface area contributed by atoms with E-state index in [4.69, 9.17) is 14.5 Å². The van der Waals surface area contributed by atoms with Gasteiger partial charge in [-0.15, -0.1) is 0 Å². The van der Waals surface area contributed by atoms with E-state index in [0.29, 0.717) is 31.0 Å². The zero-order valence-corrected chi connectivity index (χ0v) is 23.7. The largest absolute Gasteiger partial charge is 0.444 e. The molecule has 38 heavy (non-hydrogen) atoms. The average molecular weight is 524 g/mol. The molecule has 0 bridgehead atoms. The summed E-state index contributed by atoms with van der Waals surface area (Å²) in [6.07, 6.45) is 2.54. The van der Waals surface area contributed by atoms with Crippen LogP contribution in [-0.4, -0.2) is 55.9 Å². The summed E-state index contributed by atoms with van der Waals surface area (Å²) in [7, 11) is 0. The number of carbonyl (C=O) groups excluding carboxylic acids is 2. The highest BCUT2D eigenvalue weighted by Crippen LogP contribution is 2.21. The number of amides is 1. The lowest BCUT2D eigenvalue weighted by molar-refractivity contribution is 0.0520. The summed E-state index contributed by atoms with van der Waals surface area (Å²) in [6.45, 7) is 15.4. The first-order chi connectivity index (χ1) is 17.8. The van der Waals surface area contributed by atoms with Gasteiger partial charge < -0.3 is 14.8 Å². The molecule has 1 aromatic carbocycles. The molecule has 0 atom stereocenters. The monoisotopic (exact) mass is 523 g/mol. The highest BCUT2D eigenvalue weighted by Gasteiger charge is 2.24. The average Bonchev–Trinajstić information content (AvgIpc) is 3.16. The number of ether oxygens (including phenoxy) is 2. The predicted molar refractivity (Wildman–Crippen MR) is 148 cm³/mol. The molecule has 1 N–H and O–H groups in total. The van der Waals surface area contributed by atoms with E-state index in [1.165, 1.54) is 0 Å². The maximum atomic E-state index is 13.2. The second-order valence-corrected chi connectivity index (χ2v) is 11.4. The normalized spacial score (nSPS) is 12.1. The quantitative estimate of drug-likeness (QED) is 0.352. The van der Waals surface area contributed by atoms with Crippen LogP contribution in [0.1, 0.15) is 71.5 Å². The summed E-state index contributed by atoms with van der Waals surface area (Å²) in [5, 5.41) is 2.82. The van der Waals surface area contributed by atoms with E-state index in [1.54, 1.807) is 10.8 Å². The SMILES string of the molecule is Cc1cccnc1CN(CCCCNC(=O)OC(C)(C)C)Cc1nc2ccccc2n1C(=O)OC(C)(C)C. The van der Waals surface area contributed by atoms with Gasteiger partial charge in [-0.1, -0.05) is 18.2 Å². The van der Waals surface area contributed by atoms with Gasteiger partial charge in [-0.05, 0) is 91.6 Å². The maximum absolute atomic E-state index is 13.2. The highest BCUT2D eigenvalue weighted by atomic mass is 16.6. The van der Waals surface area contributed by atoms with Gasteiger partial charge in [-0.25, -0.2) is 19.1 Å². The molecule has 0 aliphatic rings. The Labute approximate surface area is 225 Å². The van der Waals surface area contributed by atoms with E-state index in [9.17, 15) is 9.59 Å². The molecule has 9 heteroatoms. The minimum absolute atomic E-state index is 0.412. The van der Waals surface area contributed by atoms with E-state index in [0.717, 1.165) is 36.2 Å². The number of benzene rings is 1. The van der Waals surface area contributed by atoms with Crippen molar-refractivity contribution in [1.82, 2.24) is 24.8 Å². The lowest BCUT2D eigenvalue weighted by atomic mass is 10.2. The summed E-state index contributed by atoms with van der Waals surface area (Å²) >= 11 is 0. The minimum Gasteiger partial charge on any atom is -0.444 e. The predicted octanol–water partition coefficient (Wildman–Crippen LogP) is 5.83. The van der Waals surface area contributed by atoms with E-state index in [1.807, 2.05) is 84.9 Å². The van der Waals surface area contributed by atoms with Gasteiger partial charge >= 0.3 is 12.2 Å². The van der Waals surface area contributed by atoms with Gasteiger partial charge in [0.15, 0.2) is 0 Å². The number of aryl methyl sites for hydroxylation is 1. The van der Waals surface area contributed by atoms with Gasteiger partial charge in [0.1, 0.15) is 17.0 Å². The van der Waals surface area contributed by atoms with Gasteiger partial charge in [0.2, 0.25) is 0 Å². The van der Waals surface area contributed by atoms with Crippen molar-refractivity contribution in [1.29, 1.82) is 0 Å². The molecule has 0 spiro atoms. The van der Waals surface area contributed by atoms with Crippen molar-refractivity contribution in [3.8, 4) is 0 Å². The molecule has 2 heterocycles. The Bertz CT molecular complexity index is 1240. The molecule has 0 radical (unpaired) electrons. The van der Waals surface area contributed by atoms with Crippen molar-refractivity contribution in [3.05, 3.63) is 59.7 Å². The van der Waals surface area contributed by atoms with Crippen molar-refractivity contribution in [2.45, 2.75) is 85.6 Å². The molecular formula is C29H41N5O4. The van der Waals surface area contributed by atoms with Crippen molar-refractivity contribution >= 4 is 23.2 Å². The summed E-state index contributed by atoms with van der Waals surface area (Å²) < 4.78 is 12.6. The molecular weight excluding hydrogens is 482 g/mol. The lowest BCUT2D eigenvalue weighted by Gasteiger charge is -2.24. The molecule has 1 amide bonds. The molecule has 0 unspecified atom stereocenters. The number of unbranched alkanes of at least 4 members (excludes halogenated alkanes) is 1. The first-order valence-corrected chi connectivity index (χ1v) is 13.1. The van der Waals surface area contributed by atoms with Crippen LogP contribution >= 0.6 is 0 Å². The Morgan fingerprint density at radius 1 is 0.947 bits per heavy atom. The third kappa shape index (κ3) is 8.83. The van der Waals surface area contributed by atoms with E-state index < -0.39 is 23.4 Å². The maximum Gasteiger partial charge on any atom is 0.420 e. The van der Waals surface area contributed by atoms with E-state index in [-0.39, 0.29) is 0 Å². The van der Waals surface area contributed by atoms with E-state index >= 15 is 0 Å². The number of imidazole rings is 1. The third-order valence-electron chi connectivity index (χ3n) is 5.63. The molecule has 0 aliphatic heterocycles. The van der Waals surface area contributed by atoms with Crippen molar-refractivity contribution in [2.75, 3.05) is 13.1 Å². The first-order valence-electron chi connectivity index (χ1n) is 13.1. The number of nitrogens with zero attached hydrogens (tertiary/aromatic N) is 4. The van der Waals surface area contributed by atoms with Crippen LogP contribution in [0.25, 0.3) is 11.0 Å². The Kier molecular flexibility index (Phi) is 9.49. The fraction of sp³-hybridized carbons (Fsp3) is 0.517. The van der Waals surface area contributed by atoms with Crippen LogP contribution in [-0.2, 0) is 22.6 Å². The number of pyridine rings is 1. The summed E-state index contributed by atoms with van der Waals surface area (Å²) in [5.74, 6) is 0.612. The molecule has 206 valence electrons. The fourth-order valence-corrected chi connectivity index (χ4v) is 3.97. The van der Waals surface area contributed by atoms with Crippen LogP contribution in [0.2, 0.25) is 0 Å². The van der Waals surface area contributed by atoms with Crippen LogP contribution in [0.3, 0.4) is 0 Å². The zero-order chi connectivity index (χ0) is 27.9. The van der Waals surface area contributed by atoms with Crippen molar-refractivity contribution < 1.29 is 19.1 Å². The van der Waals surface area contributed by atoms with Gasteiger partial charge in [-0.3, -0.25) is 9.88 Å². The van der Waals surface area contributed by atoms with Crippen LogP contribution in [0.15, 0.2) is 42.6 Å². The van der Waals surface area contributed by atoms with Crippen LogP contribution in [0.4, 0.5) is 9.59 Å². The number of carbonyl (C=O) groups is 2. The Morgan fingerprint density at radius 2 is 1.66 bits per heavy atom. The Hall–Kier alpha value is -3.46. The molecule has 0 aliphatic carbocycles. The first kappa shape index (κ1) is 29.1. The van der Waals surface area contributed by atoms with Crippen molar-refractivity contribution in [2.24, 2.45) is 0 Å². The highest BCUT2D eigenvalue weighted by molar-refractivity contribution is 5.87. The number of hydrogen-bond donors (Lipinski definition) is 1. The third-order valence-corrected chi connectivity index (χ3v) is 5.63. The molecule has 9 nitrogen and oxygen atoms in total. The number of nitrogens with one attached hydrogen (secondary N) is 1. The van der Waals surface area contributed by atoms with Gasteiger partial charge in [-0.2, -0.15) is 0 Å². The molecule has 0 saturated heterocycles.